The summed E-state index contributed by atoms with van der Waals surface area (Å²) in [5.41, 5.74) is 6.66. The fourth-order valence-electron chi connectivity index (χ4n) is 1.86. The van der Waals surface area contributed by atoms with E-state index in [-0.39, 0.29) is 12.4 Å². The number of nitrogens with zero attached hydrogens (tertiary/aromatic N) is 2. The van der Waals surface area contributed by atoms with E-state index in [2.05, 4.69) is 34.5 Å². The largest absolute Gasteiger partial charge is 0.416 e. The highest BCUT2D eigenvalue weighted by molar-refractivity contribution is 7.99. The van der Waals surface area contributed by atoms with E-state index in [1.807, 2.05) is 18.2 Å². The number of aryl methyl sites for hydroxylation is 1. The molecule has 120 valence electrons. The third-order valence-corrected chi connectivity index (χ3v) is 3.73. The van der Waals surface area contributed by atoms with Crippen molar-refractivity contribution in [3.8, 4) is 0 Å². The first-order valence-electron chi connectivity index (χ1n) is 7.25. The van der Waals surface area contributed by atoms with Gasteiger partial charge in [0.15, 0.2) is 0 Å². The predicted molar refractivity (Wildman–Crippen MR) is 94.4 cm³/mol. The minimum atomic E-state index is 0. The van der Waals surface area contributed by atoms with Gasteiger partial charge in [-0.2, -0.15) is 0 Å². The normalized spacial score (nSPS) is 10.8. The topological polar surface area (TPSA) is 64.9 Å². The molecule has 1 heterocycles. The molecule has 6 heteroatoms. The van der Waals surface area contributed by atoms with Gasteiger partial charge in [0.2, 0.25) is 5.89 Å². The molecule has 2 rings (SSSR count). The lowest BCUT2D eigenvalue weighted by Crippen LogP contribution is -1.98. The second kappa shape index (κ2) is 11.3. The second-order valence-electron chi connectivity index (χ2n) is 4.69. The second-order valence-corrected chi connectivity index (χ2v) is 5.66. The molecule has 0 amide bonds. The molecule has 0 saturated heterocycles. The number of benzene rings is 1. The minimum Gasteiger partial charge on any atom is -0.416 e. The average molecular weight is 340 g/mol. The Morgan fingerprint density at radius 1 is 1.09 bits per heavy atom. The monoisotopic (exact) mass is 339 g/mol. The summed E-state index contributed by atoms with van der Waals surface area (Å²) in [5, 5.41) is 8.75. The number of halogens is 1. The van der Waals surface area contributed by atoms with Crippen molar-refractivity contribution in [1.82, 2.24) is 10.2 Å². The zero-order valence-electron chi connectivity index (χ0n) is 12.5. The van der Waals surface area contributed by atoms with E-state index in [1.54, 1.807) is 11.8 Å². The third-order valence-electron chi connectivity index (χ3n) is 2.96. The van der Waals surface area contributed by atoms with Crippen molar-refractivity contribution >= 4 is 30.2 Å². The van der Waals surface area contributed by atoms with Gasteiger partial charge in [0.25, 0.3) is 5.22 Å². The molecule has 0 radical (unpaired) electrons. The van der Waals surface area contributed by atoms with Crippen LogP contribution >= 0.6 is 24.2 Å². The van der Waals surface area contributed by atoms with Crippen molar-refractivity contribution in [2.75, 3.05) is 12.3 Å². The Hall–Kier alpha value is -1.30. The van der Waals surface area contributed by atoms with Crippen molar-refractivity contribution in [1.29, 1.82) is 0 Å². The molecule has 0 bridgehead atoms. The Balaban J connectivity index is 0.00000242. The van der Waals surface area contributed by atoms with Crippen LogP contribution in [0.15, 0.2) is 46.0 Å². The van der Waals surface area contributed by atoms with Crippen LogP contribution in [0.2, 0.25) is 0 Å². The SMILES string of the molecule is Cl.NCCCCCc1nnc(SCC=Cc2ccccc2)o1. The van der Waals surface area contributed by atoms with E-state index in [0.29, 0.717) is 5.22 Å². The van der Waals surface area contributed by atoms with Crippen molar-refractivity contribution < 1.29 is 4.42 Å². The molecular formula is C16H22ClN3OS. The standard InChI is InChI=1S/C16H21N3OS.ClH/c17-12-6-2-5-11-15-18-19-16(20-15)21-13-7-10-14-8-3-1-4-9-14;/h1,3-4,7-10H,2,5-6,11-13,17H2;1H. The fourth-order valence-corrected chi connectivity index (χ4v) is 2.45. The lowest BCUT2D eigenvalue weighted by molar-refractivity contribution is 0.407. The molecule has 0 spiro atoms. The Bertz CT molecular complexity index is 545. The summed E-state index contributed by atoms with van der Waals surface area (Å²) in [6.45, 7) is 0.749. The molecule has 1 aromatic carbocycles. The third kappa shape index (κ3) is 7.11. The summed E-state index contributed by atoms with van der Waals surface area (Å²) in [4.78, 5) is 0. The Labute approximate surface area is 142 Å². The van der Waals surface area contributed by atoms with Crippen LogP contribution in [0.5, 0.6) is 0 Å². The molecule has 0 unspecified atom stereocenters. The first kappa shape index (κ1) is 18.7. The summed E-state index contributed by atoms with van der Waals surface area (Å²) < 4.78 is 5.59. The maximum absolute atomic E-state index is 5.59. The van der Waals surface area contributed by atoms with Gasteiger partial charge in [-0.05, 0) is 24.9 Å². The van der Waals surface area contributed by atoms with Crippen LogP contribution in [0, 0.1) is 0 Å². The van der Waals surface area contributed by atoms with Crippen molar-refractivity contribution in [2.24, 2.45) is 5.73 Å². The summed E-state index contributed by atoms with van der Waals surface area (Å²) in [6.07, 6.45) is 8.26. The molecular weight excluding hydrogens is 318 g/mol. The Kier molecular flexibility index (Phi) is 9.62. The van der Waals surface area contributed by atoms with Crippen molar-refractivity contribution in [2.45, 2.75) is 30.9 Å². The van der Waals surface area contributed by atoms with Gasteiger partial charge in [0.05, 0.1) is 0 Å². The number of unbranched alkanes of at least 4 members (excludes halogenated alkanes) is 2. The lowest BCUT2D eigenvalue weighted by atomic mass is 10.2. The van der Waals surface area contributed by atoms with E-state index >= 15 is 0 Å². The van der Waals surface area contributed by atoms with Crippen LogP contribution in [0.3, 0.4) is 0 Å². The maximum Gasteiger partial charge on any atom is 0.276 e. The number of thioether (sulfide) groups is 1. The zero-order chi connectivity index (χ0) is 14.8. The summed E-state index contributed by atoms with van der Waals surface area (Å²) >= 11 is 1.56. The lowest BCUT2D eigenvalue weighted by Gasteiger charge is -1.95. The first-order valence-corrected chi connectivity index (χ1v) is 8.24. The molecule has 0 aliphatic carbocycles. The highest BCUT2D eigenvalue weighted by Gasteiger charge is 2.05. The van der Waals surface area contributed by atoms with Gasteiger partial charge in [-0.1, -0.05) is 60.7 Å². The van der Waals surface area contributed by atoms with E-state index < -0.39 is 0 Å². The molecule has 0 atom stereocenters. The molecule has 0 fully saturated rings. The summed E-state index contributed by atoms with van der Waals surface area (Å²) in [7, 11) is 0. The number of rotatable bonds is 9. The maximum atomic E-state index is 5.59. The predicted octanol–water partition coefficient (Wildman–Crippen LogP) is 3.97. The average Bonchev–Trinajstić information content (AvgIpc) is 2.97. The van der Waals surface area contributed by atoms with E-state index in [1.165, 1.54) is 5.56 Å². The first-order chi connectivity index (χ1) is 10.4. The van der Waals surface area contributed by atoms with Crippen LogP contribution in [0.4, 0.5) is 0 Å². The number of hydrogen-bond donors (Lipinski definition) is 1. The summed E-state index contributed by atoms with van der Waals surface area (Å²) in [5.74, 6) is 1.55. The van der Waals surface area contributed by atoms with Gasteiger partial charge < -0.3 is 10.2 Å². The van der Waals surface area contributed by atoms with Crippen LogP contribution in [0.1, 0.15) is 30.7 Å². The number of hydrogen-bond acceptors (Lipinski definition) is 5. The van der Waals surface area contributed by atoms with Crippen LogP contribution in [-0.4, -0.2) is 22.5 Å². The van der Waals surface area contributed by atoms with Crippen LogP contribution < -0.4 is 5.73 Å². The molecule has 2 N–H and O–H groups in total. The van der Waals surface area contributed by atoms with Gasteiger partial charge in [-0.25, -0.2) is 0 Å². The molecule has 0 aliphatic heterocycles. The summed E-state index contributed by atoms with van der Waals surface area (Å²) in [6, 6.07) is 10.2. The Morgan fingerprint density at radius 3 is 2.68 bits per heavy atom. The molecule has 2 aromatic rings. The zero-order valence-corrected chi connectivity index (χ0v) is 14.1. The van der Waals surface area contributed by atoms with E-state index in [0.717, 1.165) is 43.9 Å². The Morgan fingerprint density at radius 2 is 1.91 bits per heavy atom. The van der Waals surface area contributed by atoms with Crippen LogP contribution in [0.25, 0.3) is 6.08 Å². The molecule has 0 saturated carbocycles. The van der Waals surface area contributed by atoms with E-state index in [4.69, 9.17) is 10.2 Å². The molecule has 0 aliphatic rings. The smallest absolute Gasteiger partial charge is 0.276 e. The van der Waals surface area contributed by atoms with Gasteiger partial charge >= 0.3 is 0 Å². The van der Waals surface area contributed by atoms with Gasteiger partial charge in [0, 0.05) is 12.2 Å². The molecule has 22 heavy (non-hydrogen) atoms. The molecule has 1 aromatic heterocycles. The number of nitrogens with two attached hydrogens (primary N) is 1. The number of aromatic nitrogens is 2. The van der Waals surface area contributed by atoms with Gasteiger partial charge in [0.1, 0.15) is 0 Å². The van der Waals surface area contributed by atoms with Crippen LogP contribution in [-0.2, 0) is 6.42 Å². The fraction of sp³-hybridized carbons (Fsp3) is 0.375. The van der Waals surface area contributed by atoms with Crippen molar-refractivity contribution in [3.05, 3.63) is 47.9 Å². The van der Waals surface area contributed by atoms with Crippen molar-refractivity contribution in [3.63, 3.8) is 0 Å². The highest BCUT2D eigenvalue weighted by Crippen LogP contribution is 2.17. The molecule has 4 nitrogen and oxygen atoms in total. The highest BCUT2D eigenvalue weighted by atomic mass is 35.5. The quantitative estimate of drug-likeness (QED) is 0.553. The van der Waals surface area contributed by atoms with E-state index in [9.17, 15) is 0 Å². The minimum absolute atomic E-state index is 0. The van der Waals surface area contributed by atoms with Gasteiger partial charge in [-0.15, -0.1) is 22.6 Å². The van der Waals surface area contributed by atoms with Gasteiger partial charge in [-0.3, -0.25) is 0 Å².